The molecule has 0 radical (unpaired) electrons. The van der Waals surface area contributed by atoms with Gasteiger partial charge >= 0.3 is 0 Å². The number of hydrogen-bond acceptors (Lipinski definition) is 3. The molecule has 0 unspecified atom stereocenters. The van der Waals surface area contributed by atoms with Crippen molar-refractivity contribution in [3.63, 3.8) is 0 Å². The molecule has 0 heterocycles. The first kappa shape index (κ1) is 7.40. The van der Waals surface area contributed by atoms with E-state index in [1.165, 1.54) is 6.07 Å². The van der Waals surface area contributed by atoms with Crippen LogP contribution in [0, 0.1) is 0 Å². The van der Waals surface area contributed by atoms with Gasteiger partial charge in [0.2, 0.25) is 0 Å². The van der Waals surface area contributed by atoms with Crippen LogP contribution in [0.5, 0.6) is 0 Å². The van der Waals surface area contributed by atoms with E-state index in [-0.39, 0.29) is 5.56 Å². The molecule has 0 saturated carbocycles. The zero-order valence-electron chi connectivity index (χ0n) is 5.87. The molecule has 1 amide bonds. The van der Waals surface area contributed by atoms with E-state index in [1.54, 1.807) is 12.1 Å². The largest absolute Gasteiger partial charge is 0.399 e. The average Bonchev–Trinajstić information content (AvgIpc) is 1.94. The van der Waals surface area contributed by atoms with E-state index in [0.717, 1.165) is 0 Å². The van der Waals surface area contributed by atoms with Crippen LogP contribution in [0.4, 0.5) is 11.4 Å². The van der Waals surface area contributed by atoms with Crippen molar-refractivity contribution in [3.8, 4) is 0 Å². The summed E-state index contributed by atoms with van der Waals surface area (Å²) in [4.78, 5) is 10.7. The van der Waals surface area contributed by atoms with Crippen molar-refractivity contribution >= 4 is 17.3 Å². The highest BCUT2D eigenvalue weighted by atomic mass is 16.1. The number of amides is 1. The standard InChI is InChI=1S/C7H9N3O/c8-4-1-2-6(9)5(3-4)7(10)11/h1-3H,8-9H2,(H2,10,11). The molecule has 6 N–H and O–H groups in total. The van der Waals surface area contributed by atoms with E-state index < -0.39 is 5.91 Å². The number of primary amides is 1. The van der Waals surface area contributed by atoms with Crippen molar-refractivity contribution in [1.29, 1.82) is 0 Å². The number of rotatable bonds is 1. The maximum Gasteiger partial charge on any atom is 0.250 e. The van der Waals surface area contributed by atoms with Crippen LogP contribution >= 0.6 is 0 Å². The molecule has 0 aliphatic carbocycles. The van der Waals surface area contributed by atoms with E-state index >= 15 is 0 Å². The maximum absolute atomic E-state index is 10.7. The summed E-state index contributed by atoms with van der Waals surface area (Å²) in [5.41, 5.74) is 16.9. The fourth-order valence-electron chi connectivity index (χ4n) is 0.787. The molecule has 4 heteroatoms. The molecule has 0 aromatic heterocycles. The van der Waals surface area contributed by atoms with Gasteiger partial charge in [-0.05, 0) is 18.2 Å². The van der Waals surface area contributed by atoms with Crippen LogP contribution in [0.1, 0.15) is 10.4 Å². The zero-order chi connectivity index (χ0) is 8.43. The summed E-state index contributed by atoms with van der Waals surface area (Å²) < 4.78 is 0. The van der Waals surface area contributed by atoms with Crippen LogP contribution in [-0.2, 0) is 0 Å². The molecule has 1 rings (SSSR count). The number of anilines is 2. The number of nitrogen functional groups attached to an aromatic ring is 2. The van der Waals surface area contributed by atoms with Crippen LogP contribution in [0.3, 0.4) is 0 Å². The minimum Gasteiger partial charge on any atom is -0.399 e. The highest BCUT2D eigenvalue weighted by Gasteiger charge is 2.04. The molecule has 0 bridgehead atoms. The fourth-order valence-corrected chi connectivity index (χ4v) is 0.787. The minimum atomic E-state index is -0.560. The second-order valence-corrected chi connectivity index (χ2v) is 2.21. The minimum absolute atomic E-state index is 0.269. The van der Waals surface area contributed by atoms with Gasteiger partial charge in [0.1, 0.15) is 0 Å². The SMILES string of the molecule is NC(=O)c1cc(N)ccc1N. The second kappa shape index (κ2) is 2.49. The lowest BCUT2D eigenvalue weighted by Crippen LogP contribution is -2.13. The third kappa shape index (κ3) is 1.40. The molecule has 0 atom stereocenters. The summed E-state index contributed by atoms with van der Waals surface area (Å²) in [5, 5.41) is 0. The van der Waals surface area contributed by atoms with Crippen molar-refractivity contribution in [2.75, 3.05) is 11.5 Å². The summed E-state index contributed by atoms with van der Waals surface area (Å²) in [5.74, 6) is -0.560. The van der Waals surface area contributed by atoms with Gasteiger partial charge in [0.15, 0.2) is 0 Å². The highest BCUT2D eigenvalue weighted by molar-refractivity contribution is 5.98. The summed E-state index contributed by atoms with van der Waals surface area (Å²) in [6.45, 7) is 0. The Morgan fingerprint density at radius 2 is 1.91 bits per heavy atom. The van der Waals surface area contributed by atoms with E-state index in [9.17, 15) is 4.79 Å². The first-order valence-corrected chi connectivity index (χ1v) is 3.06. The molecule has 11 heavy (non-hydrogen) atoms. The lowest BCUT2D eigenvalue weighted by atomic mass is 10.1. The summed E-state index contributed by atoms with van der Waals surface area (Å²) >= 11 is 0. The van der Waals surface area contributed by atoms with Gasteiger partial charge in [0.05, 0.1) is 5.56 Å². The Labute approximate surface area is 64.0 Å². The van der Waals surface area contributed by atoms with Crippen molar-refractivity contribution in [2.45, 2.75) is 0 Å². The predicted octanol–water partition coefficient (Wildman–Crippen LogP) is -0.0501. The van der Waals surface area contributed by atoms with Crippen LogP contribution in [0.15, 0.2) is 18.2 Å². The second-order valence-electron chi connectivity index (χ2n) is 2.21. The molecule has 0 aliphatic rings. The molecule has 1 aromatic rings. The van der Waals surface area contributed by atoms with Gasteiger partial charge < -0.3 is 17.2 Å². The molecular formula is C7H9N3O. The third-order valence-electron chi connectivity index (χ3n) is 1.34. The van der Waals surface area contributed by atoms with Crippen LogP contribution in [0.2, 0.25) is 0 Å². The Kier molecular flexibility index (Phi) is 1.68. The third-order valence-corrected chi connectivity index (χ3v) is 1.34. The molecule has 0 aliphatic heterocycles. The molecule has 58 valence electrons. The fraction of sp³-hybridized carbons (Fsp3) is 0. The first-order valence-electron chi connectivity index (χ1n) is 3.06. The Balaban J connectivity index is 3.23. The predicted molar refractivity (Wildman–Crippen MR) is 43.8 cm³/mol. The van der Waals surface area contributed by atoms with Crippen molar-refractivity contribution in [1.82, 2.24) is 0 Å². The van der Waals surface area contributed by atoms with Gasteiger partial charge in [-0.15, -0.1) is 0 Å². The molecule has 0 fully saturated rings. The quantitative estimate of drug-likeness (QED) is 0.491. The Morgan fingerprint density at radius 1 is 1.27 bits per heavy atom. The molecule has 1 aromatic carbocycles. The summed E-state index contributed by atoms with van der Waals surface area (Å²) in [7, 11) is 0. The van der Waals surface area contributed by atoms with Crippen molar-refractivity contribution < 1.29 is 4.79 Å². The maximum atomic E-state index is 10.7. The summed E-state index contributed by atoms with van der Waals surface area (Å²) in [6.07, 6.45) is 0. The molecule has 0 saturated heterocycles. The number of benzene rings is 1. The molecule has 0 spiro atoms. The number of carbonyl (C=O) groups is 1. The highest BCUT2D eigenvalue weighted by Crippen LogP contribution is 2.14. The van der Waals surface area contributed by atoms with Gasteiger partial charge in [0, 0.05) is 11.4 Å². The van der Waals surface area contributed by atoms with Crippen LogP contribution in [-0.4, -0.2) is 5.91 Å². The van der Waals surface area contributed by atoms with Gasteiger partial charge in [-0.25, -0.2) is 0 Å². The number of nitrogens with two attached hydrogens (primary N) is 3. The van der Waals surface area contributed by atoms with Gasteiger partial charge in [0.25, 0.3) is 5.91 Å². The normalized spacial score (nSPS) is 9.45. The van der Waals surface area contributed by atoms with Gasteiger partial charge in [-0.2, -0.15) is 0 Å². The van der Waals surface area contributed by atoms with E-state index in [1.807, 2.05) is 0 Å². The lowest BCUT2D eigenvalue weighted by molar-refractivity contribution is 0.100. The molecule has 4 nitrogen and oxygen atoms in total. The Bertz CT molecular complexity index is 296. The summed E-state index contributed by atoms with van der Waals surface area (Å²) in [6, 6.07) is 4.62. The zero-order valence-corrected chi connectivity index (χ0v) is 5.87. The van der Waals surface area contributed by atoms with Crippen LogP contribution < -0.4 is 17.2 Å². The smallest absolute Gasteiger partial charge is 0.250 e. The monoisotopic (exact) mass is 151 g/mol. The lowest BCUT2D eigenvalue weighted by Gasteiger charge is -2.01. The average molecular weight is 151 g/mol. The van der Waals surface area contributed by atoms with E-state index in [4.69, 9.17) is 17.2 Å². The molecular weight excluding hydrogens is 142 g/mol. The number of carbonyl (C=O) groups excluding carboxylic acids is 1. The van der Waals surface area contributed by atoms with E-state index in [2.05, 4.69) is 0 Å². The Morgan fingerprint density at radius 3 is 2.36 bits per heavy atom. The first-order chi connectivity index (χ1) is 5.11. The van der Waals surface area contributed by atoms with Gasteiger partial charge in [-0.3, -0.25) is 4.79 Å². The van der Waals surface area contributed by atoms with Crippen molar-refractivity contribution in [3.05, 3.63) is 23.8 Å². The topological polar surface area (TPSA) is 95.1 Å². The number of hydrogen-bond donors (Lipinski definition) is 3. The van der Waals surface area contributed by atoms with Crippen molar-refractivity contribution in [2.24, 2.45) is 5.73 Å². The Hall–Kier alpha value is -1.71. The van der Waals surface area contributed by atoms with Crippen LogP contribution in [0.25, 0.3) is 0 Å². The van der Waals surface area contributed by atoms with Gasteiger partial charge in [-0.1, -0.05) is 0 Å². The van der Waals surface area contributed by atoms with E-state index in [0.29, 0.717) is 11.4 Å².